The average molecular weight is 445 g/mol. The van der Waals surface area contributed by atoms with Crippen LogP contribution < -0.4 is 5.73 Å². The van der Waals surface area contributed by atoms with Crippen LogP contribution in [0.1, 0.15) is 23.1 Å². The molecule has 0 atom stereocenters. The minimum atomic E-state index is 0.0622. The summed E-state index contributed by atoms with van der Waals surface area (Å²) in [7, 11) is 1.50. The standard InChI is InChI=1S/C25H23N3O3.CH5N/c29-13-5-11-28-16-22(21-8-4-10-26-25(21)28)24(18-31)23(17-30)20-9-12-27(15-20)14-19-6-2-1-3-7-19;1-2/h1-4,6-10,12,15-18,29H,5,11,13-14H2;2H2,1H3/b24-23-;. The molecule has 3 heterocycles. The van der Waals surface area contributed by atoms with Crippen molar-refractivity contribution in [3.8, 4) is 0 Å². The van der Waals surface area contributed by atoms with Crippen molar-refractivity contribution >= 4 is 34.8 Å². The molecule has 0 saturated heterocycles. The molecule has 0 saturated carbocycles. The van der Waals surface area contributed by atoms with Gasteiger partial charge < -0.3 is 20.0 Å². The van der Waals surface area contributed by atoms with E-state index in [1.54, 1.807) is 6.20 Å². The monoisotopic (exact) mass is 444 g/mol. The minimum Gasteiger partial charge on any atom is -0.396 e. The highest BCUT2D eigenvalue weighted by atomic mass is 16.3. The van der Waals surface area contributed by atoms with Gasteiger partial charge in [-0.2, -0.15) is 0 Å². The molecule has 0 aliphatic rings. The van der Waals surface area contributed by atoms with E-state index in [1.165, 1.54) is 7.05 Å². The van der Waals surface area contributed by atoms with Gasteiger partial charge in [0.15, 0.2) is 12.6 Å². The van der Waals surface area contributed by atoms with Gasteiger partial charge in [0.05, 0.1) is 0 Å². The van der Waals surface area contributed by atoms with Gasteiger partial charge in [0, 0.05) is 72.1 Å². The van der Waals surface area contributed by atoms with Gasteiger partial charge in [-0.15, -0.1) is 0 Å². The number of pyridine rings is 1. The van der Waals surface area contributed by atoms with E-state index in [-0.39, 0.29) is 6.61 Å². The number of carbonyl (C=O) groups excluding carboxylic acids is 2. The van der Waals surface area contributed by atoms with Crippen molar-refractivity contribution < 1.29 is 14.7 Å². The fourth-order valence-electron chi connectivity index (χ4n) is 3.80. The number of aromatic nitrogens is 3. The molecule has 3 aromatic heterocycles. The second-order valence-corrected chi connectivity index (χ2v) is 7.31. The summed E-state index contributed by atoms with van der Waals surface area (Å²) in [5.41, 5.74) is 8.38. The van der Waals surface area contributed by atoms with E-state index in [0.29, 0.717) is 41.8 Å². The van der Waals surface area contributed by atoms with Crippen molar-refractivity contribution in [1.82, 2.24) is 14.1 Å². The number of aliphatic hydroxyl groups excluding tert-OH is 1. The number of aliphatic hydroxyl groups is 1. The number of fused-ring (bicyclic) bond motifs is 1. The Morgan fingerprint density at radius 1 is 1.00 bits per heavy atom. The van der Waals surface area contributed by atoms with E-state index in [9.17, 15) is 14.7 Å². The molecule has 0 aliphatic heterocycles. The largest absolute Gasteiger partial charge is 0.396 e. The first-order valence-corrected chi connectivity index (χ1v) is 10.7. The number of nitrogens with two attached hydrogens (primary N) is 1. The number of hydrogen-bond donors (Lipinski definition) is 2. The topological polar surface area (TPSA) is 103 Å². The Bertz CT molecular complexity index is 1240. The van der Waals surface area contributed by atoms with Crippen LogP contribution in [-0.2, 0) is 22.7 Å². The van der Waals surface area contributed by atoms with E-state index in [0.717, 1.165) is 29.2 Å². The first-order chi connectivity index (χ1) is 16.2. The summed E-state index contributed by atoms with van der Waals surface area (Å²) in [5.74, 6) is 0. The van der Waals surface area contributed by atoms with Crippen molar-refractivity contribution in [2.45, 2.75) is 19.5 Å². The smallest absolute Gasteiger partial charge is 0.151 e. The van der Waals surface area contributed by atoms with E-state index < -0.39 is 0 Å². The van der Waals surface area contributed by atoms with Crippen LogP contribution in [0.2, 0.25) is 0 Å². The number of carbonyl (C=O) groups is 2. The van der Waals surface area contributed by atoms with Crippen molar-refractivity contribution in [2.24, 2.45) is 5.73 Å². The molecule has 0 bridgehead atoms. The fourth-order valence-corrected chi connectivity index (χ4v) is 3.80. The predicted molar refractivity (Wildman–Crippen MR) is 130 cm³/mol. The second-order valence-electron chi connectivity index (χ2n) is 7.31. The molecular formula is C26H28N4O3. The number of hydrogen-bond acceptors (Lipinski definition) is 5. The molecule has 0 fully saturated rings. The lowest BCUT2D eigenvalue weighted by Crippen LogP contribution is -1.99. The van der Waals surface area contributed by atoms with Crippen LogP contribution in [0.4, 0.5) is 0 Å². The zero-order valence-electron chi connectivity index (χ0n) is 18.6. The summed E-state index contributed by atoms with van der Waals surface area (Å²) in [5, 5.41) is 9.99. The molecule has 0 spiro atoms. The lowest BCUT2D eigenvalue weighted by molar-refractivity contribution is -0.105. The summed E-state index contributed by atoms with van der Waals surface area (Å²) in [6, 6.07) is 15.6. The molecule has 0 amide bonds. The Hall–Kier alpha value is -3.81. The third-order valence-corrected chi connectivity index (χ3v) is 5.28. The highest BCUT2D eigenvalue weighted by molar-refractivity contribution is 6.31. The third kappa shape index (κ3) is 5.34. The van der Waals surface area contributed by atoms with E-state index in [2.05, 4.69) is 10.7 Å². The Balaban J connectivity index is 0.00000149. The summed E-state index contributed by atoms with van der Waals surface area (Å²) in [6.45, 7) is 1.31. The van der Waals surface area contributed by atoms with Crippen LogP contribution in [0.3, 0.4) is 0 Å². The highest BCUT2D eigenvalue weighted by Gasteiger charge is 2.18. The van der Waals surface area contributed by atoms with Crippen molar-refractivity contribution in [3.05, 3.63) is 90.0 Å². The van der Waals surface area contributed by atoms with Gasteiger partial charge in [0.25, 0.3) is 0 Å². The number of allylic oxidation sites excluding steroid dienone is 2. The van der Waals surface area contributed by atoms with Gasteiger partial charge in [-0.1, -0.05) is 30.3 Å². The van der Waals surface area contributed by atoms with Crippen LogP contribution in [-0.4, -0.2) is 45.5 Å². The SMILES string of the molecule is CN.O=C/C(=C(\C=O)c1cn(CCCO)c2ncccc12)c1ccn(Cc2ccccc2)c1. The number of nitrogens with zero attached hydrogens (tertiary/aromatic N) is 3. The second kappa shape index (κ2) is 11.7. The van der Waals surface area contributed by atoms with Crippen LogP contribution in [0.15, 0.2) is 73.3 Å². The maximum atomic E-state index is 12.2. The van der Waals surface area contributed by atoms with Crippen LogP contribution >= 0.6 is 0 Å². The molecule has 4 aromatic rings. The fraction of sp³-hybridized carbons (Fsp3) is 0.192. The van der Waals surface area contributed by atoms with Crippen molar-refractivity contribution in [3.63, 3.8) is 0 Å². The average Bonchev–Trinajstić information content (AvgIpc) is 3.48. The Kier molecular flexibility index (Phi) is 8.46. The summed E-state index contributed by atoms with van der Waals surface area (Å²) in [4.78, 5) is 28.7. The van der Waals surface area contributed by atoms with E-state index in [1.807, 2.05) is 76.3 Å². The molecule has 170 valence electrons. The molecule has 0 radical (unpaired) electrons. The Labute approximate surface area is 192 Å². The number of benzene rings is 1. The minimum absolute atomic E-state index is 0.0622. The van der Waals surface area contributed by atoms with Gasteiger partial charge in [0.1, 0.15) is 5.65 Å². The molecule has 0 aliphatic carbocycles. The molecule has 7 nitrogen and oxygen atoms in total. The zero-order chi connectivity index (χ0) is 23.6. The summed E-state index contributed by atoms with van der Waals surface area (Å²) >= 11 is 0. The molecular weight excluding hydrogens is 416 g/mol. The maximum Gasteiger partial charge on any atom is 0.151 e. The van der Waals surface area contributed by atoms with E-state index in [4.69, 9.17) is 0 Å². The molecule has 7 heteroatoms. The first-order valence-electron chi connectivity index (χ1n) is 10.7. The normalized spacial score (nSPS) is 11.5. The van der Waals surface area contributed by atoms with Gasteiger partial charge in [-0.05, 0) is 37.2 Å². The first kappa shape index (κ1) is 23.8. The quantitative estimate of drug-likeness (QED) is 0.305. The molecule has 33 heavy (non-hydrogen) atoms. The van der Waals surface area contributed by atoms with E-state index >= 15 is 0 Å². The van der Waals surface area contributed by atoms with Crippen molar-refractivity contribution in [2.75, 3.05) is 13.7 Å². The van der Waals surface area contributed by atoms with Crippen LogP contribution in [0, 0.1) is 0 Å². The molecule has 3 N–H and O–H groups in total. The molecule has 1 aromatic carbocycles. The van der Waals surface area contributed by atoms with Gasteiger partial charge in [0.2, 0.25) is 0 Å². The number of aldehydes is 2. The predicted octanol–water partition coefficient (Wildman–Crippen LogP) is 3.15. The zero-order valence-corrected chi connectivity index (χ0v) is 18.6. The van der Waals surface area contributed by atoms with Crippen LogP contribution in [0.5, 0.6) is 0 Å². The lowest BCUT2D eigenvalue weighted by atomic mass is 9.98. The summed E-state index contributed by atoms with van der Waals surface area (Å²) < 4.78 is 3.90. The highest BCUT2D eigenvalue weighted by Crippen LogP contribution is 2.30. The molecule has 4 rings (SSSR count). The van der Waals surface area contributed by atoms with Gasteiger partial charge in [-0.3, -0.25) is 9.59 Å². The number of aryl methyl sites for hydroxylation is 1. The Morgan fingerprint density at radius 3 is 2.45 bits per heavy atom. The van der Waals surface area contributed by atoms with Crippen molar-refractivity contribution in [1.29, 1.82) is 0 Å². The maximum absolute atomic E-state index is 12.2. The molecule has 0 unspecified atom stereocenters. The summed E-state index contributed by atoms with van der Waals surface area (Å²) in [6.07, 6.45) is 9.35. The number of rotatable bonds is 9. The van der Waals surface area contributed by atoms with Crippen LogP contribution in [0.25, 0.3) is 22.2 Å². The van der Waals surface area contributed by atoms with Gasteiger partial charge in [-0.25, -0.2) is 4.98 Å². The van der Waals surface area contributed by atoms with Gasteiger partial charge >= 0.3 is 0 Å². The lowest BCUT2D eigenvalue weighted by Gasteiger charge is -2.05. The third-order valence-electron chi connectivity index (χ3n) is 5.28. The Morgan fingerprint density at radius 2 is 1.76 bits per heavy atom.